The first kappa shape index (κ1) is 28.6. The van der Waals surface area contributed by atoms with Gasteiger partial charge in [-0.3, -0.25) is 14.4 Å². The molecule has 0 atom stereocenters. The molecule has 0 saturated carbocycles. The predicted molar refractivity (Wildman–Crippen MR) is 140 cm³/mol. The number of carbonyl (C=O) groups is 3. The Balaban J connectivity index is 1.58. The number of nitrogens with zero attached hydrogens (tertiary/aromatic N) is 2. The average molecular weight is 530 g/mol. The second-order valence-corrected chi connectivity index (χ2v) is 8.38. The number of ether oxygens (including phenoxy) is 5. The Hall–Kier alpha value is -3.99. The maximum Gasteiger partial charge on any atom is 0.260 e. The van der Waals surface area contributed by atoms with E-state index < -0.39 is 0 Å². The van der Waals surface area contributed by atoms with Crippen molar-refractivity contribution in [3.05, 3.63) is 42.0 Å². The van der Waals surface area contributed by atoms with Crippen molar-refractivity contribution in [2.45, 2.75) is 13.8 Å². The molecule has 1 heterocycles. The highest BCUT2D eigenvalue weighted by Crippen LogP contribution is 2.31. The Kier molecular flexibility index (Phi) is 10.6. The lowest BCUT2D eigenvalue weighted by Crippen LogP contribution is -2.43. The van der Waals surface area contributed by atoms with Gasteiger partial charge in [-0.15, -0.1) is 0 Å². The molecular weight excluding hydrogens is 494 g/mol. The minimum atomic E-state index is -0.379. The zero-order chi connectivity index (χ0) is 27.5. The van der Waals surface area contributed by atoms with Crippen LogP contribution in [0.1, 0.15) is 24.2 Å². The molecule has 38 heavy (non-hydrogen) atoms. The molecule has 3 amide bonds. The molecule has 2 aromatic carbocycles. The van der Waals surface area contributed by atoms with Gasteiger partial charge >= 0.3 is 0 Å². The van der Waals surface area contributed by atoms with Gasteiger partial charge in [-0.2, -0.15) is 0 Å². The minimum Gasteiger partial charge on any atom is -0.493 e. The average Bonchev–Trinajstić information content (AvgIpc) is 2.93. The van der Waals surface area contributed by atoms with E-state index in [0.717, 1.165) is 0 Å². The molecule has 2 aromatic rings. The number of likely N-dealkylation sites (N-methyl/N-ethyl adjacent to an activating group) is 1. The molecule has 1 aliphatic rings. The van der Waals surface area contributed by atoms with Crippen molar-refractivity contribution >= 4 is 23.4 Å². The van der Waals surface area contributed by atoms with E-state index in [1.54, 1.807) is 35.2 Å². The summed E-state index contributed by atoms with van der Waals surface area (Å²) in [6.07, 6.45) is 0. The second-order valence-electron chi connectivity index (χ2n) is 8.38. The van der Waals surface area contributed by atoms with Crippen molar-refractivity contribution in [1.82, 2.24) is 9.80 Å². The quantitative estimate of drug-likeness (QED) is 0.446. The van der Waals surface area contributed by atoms with Gasteiger partial charge in [0.1, 0.15) is 0 Å². The van der Waals surface area contributed by atoms with Crippen molar-refractivity contribution in [2.75, 3.05) is 72.1 Å². The highest BCUT2D eigenvalue weighted by molar-refractivity contribution is 5.99. The summed E-state index contributed by atoms with van der Waals surface area (Å²) in [5, 5.41) is 2.78. The molecule has 3 rings (SSSR count). The van der Waals surface area contributed by atoms with E-state index in [0.29, 0.717) is 73.8 Å². The van der Waals surface area contributed by atoms with Crippen molar-refractivity contribution in [3.63, 3.8) is 0 Å². The minimum absolute atomic E-state index is 0.151. The van der Waals surface area contributed by atoms with Crippen LogP contribution >= 0.6 is 0 Å². The first-order chi connectivity index (χ1) is 18.4. The van der Waals surface area contributed by atoms with Gasteiger partial charge < -0.3 is 38.8 Å². The third-order valence-corrected chi connectivity index (χ3v) is 5.68. The molecule has 0 unspecified atom stereocenters. The van der Waals surface area contributed by atoms with Gasteiger partial charge in [-0.05, 0) is 44.2 Å². The fourth-order valence-corrected chi connectivity index (χ4v) is 3.80. The monoisotopic (exact) mass is 529 g/mol. The van der Waals surface area contributed by atoms with E-state index in [2.05, 4.69) is 5.32 Å². The van der Waals surface area contributed by atoms with Crippen LogP contribution < -0.4 is 24.3 Å². The van der Waals surface area contributed by atoms with Crippen LogP contribution in [-0.4, -0.2) is 94.3 Å². The standard InChI is InChI=1S/C27H35N3O8/c1-5-36-22-10-8-20(16-24(22)37-6-2)28-25(31)17-29(3)27(33)19-7-9-21(23(15-19)34-4)38-18-26(32)30-11-13-35-14-12-30/h7-10,15-16H,5-6,11-14,17-18H2,1-4H3,(H,28,31). The molecule has 0 bridgehead atoms. The number of carbonyl (C=O) groups excluding carboxylic acids is 3. The first-order valence-electron chi connectivity index (χ1n) is 12.5. The number of nitrogens with one attached hydrogen (secondary N) is 1. The molecule has 1 fully saturated rings. The molecule has 0 radical (unpaired) electrons. The number of hydrogen-bond donors (Lipinski definition) is 1. The Morgan fingerprint density at radius 2 is 1.58 bits per heavy atom. The van der Waals surface area contributed by atoms with E-state index in [-0.39, 0.29) is 30.9 Å². The predicted octanol–water partition coefficient (Wildman–Crippen LogP) is 2.44. The van der Waals surface area contributed by atoms with E-state index in [4.69, 9.17) is 23.7 Å². The van der Waals surface area contributed by atoms with Crippen molar-refractivity contribution < 1.29 is 38.1 Å². The molecule has 0 aliphatic carbocycles. The summed E-state index contributed by atoms with van der Waals surface area (Å²) in [7, 11) is 2.98. The summed E-state index contributed by atoms with van der Waals surface area (Å²) in [6, 6.07) is 9.77. The summed E-state index contributed by atoms with van der Waals surface area (Å²) in [4.78, 5) is 40.9. The van der Waals surface area contributed by atoms with Crippen LogP contribution in [0.5, 0.6) is 23.0 Å². The van der Waals surface area contributed by atoms with E-state index in [9.17, 15) is 14.4 Å². The topological polar surface area (TPSA) is 116 Å². The molecule has 1 saturated heterocycles. The fourth-order valence-electron chi connectivity index (χ4n) is 3.80. The molecule has 11 heteroatoms. The third kappa shape index (κ3) is 7.75. The van der Waals surface area contributed by atoms with Crippen LogP contribution in [0.2, 0.25) is 0 Å². The van der Waals surface area contributed by atoms with E-state index in [1.807, 2.05) is 13.8 Å². The van der Waals surface area contributed by atoms with Crippen LogP contribution in [0.25, 0.3) is 0 Å². The summed E-state index contributed by atoms with van der Waals surface area (Å²) >= 11 is 0. The Morgan fingerprint density at radius 3 is 2.26 bits per heavy atom. The Morgan fingerprint density at radius 1 is 0.921 bits per heavy atom. The SMILES string of the molecule is CCOc1ccc(NC(=O)CN(C)C(=O)c2ccc(OCC(=O)N3CCOCC3)c(OC)c2)cc1OCC. The lowest BCUT2D eigenvalue weighted by Gasteiger charge is -2.26. The van der Waals surface area contributed by atoms with Gasteiger partial charge in [0.25, 0.3) is 11.8 Å². The van der Waals surface area contributed by atoms with Gasteiger partial charge in [0.15, 0.2) is 29.6 Å². The third-order valence-electron chi connectivity index (χ3n) is 5.68. The maximum absolute atomic E-state index is 13.0. The largest absolute Gasteiger partial charge is 0.493 e. The van der Waals surface area contributed by atoms with Gasteiger partial charge in [0, 0.05) is 37.5 Å². The van der Waals surface area contributed by atoms with Crippen molar-refractivity contribution in [2.24, 2.45) is 0 Å². The van der Waals surface area contributed by atoms with Crippen molar-refractivity contribution in [3.8, 4) is 23.0 Å². The van der Waals surface area contributed by atoms with Gasteiger partial charge in [0.05, 0.1) is 40.1 Å². The molecule has 1 N–H and O–H groups in total. The summed E-state index contributed by atoms with van der Waals surface area (Å²) in [5.41, 5.74) is 0.834. The zero-order valence-electron chi connectivity index (χ0n) is 22.3. The van der Waals surface area contributed by atoms with Crippen LogP contribution in [0.15, 0.2) is 36.4 Å². The van der Waals surface area contributed by atoms with Gasteiger partial charge in [0.2, 0.25) is 5.91 Å². The van der Waals surface area contributed by atoms with E-state index >= 15 is 0 Å². The lowest BCUT2D eigenvalue weighted by atomic mass is 10.1. The van der Waals surface area contributed by atoms with Gasteiger partial charge in [-0.25, -0.2) is 0 Å². The van der Waals surface area contributed by atoms with Crippen LogP contribution in [0, 0.1) is 0 Å². The molecule has 0 spiro atoms. The number of rotatable bonds is 12. The molecule has 0 aromatic heterocycles. The highest BCUT2D eigenvalue weighted by atomic mass is 16.5. The number of benzene rings is 2. The Bertz CT molecular complexity index is 1120. The van der Waals surface area contributed by atoms with Crippen LogP contribution in [-0.2, 0) is 14.3 Å². The molecule has 206 valence electrons. The second kappa shape index (κ2) is 14.1. The number of methoxy groups -OCH3 is 1. The van der Waals surface area contributed by atoms with Crippen LogP contribution in [0.3, 0.4) is 0 Å². The van der Waals surface area contributed by atoms with Gasteiger partial charge in [-0.1, -0.05) is 0 Å². The fraction of sp³-hybridized carbons (Fsp3) is 0.444. The Labute approximate surface area is 222 Å². The molecule has 1 aliphatic heterocycles. The number of hydrogen-bond acceptors (Lipinski definition) is 8. The first-order valence-corrected chi connectivity index (χ1v) is 12.5. The number of anilines is 1. The van der Waals surface area contributed by atoms with Crippen LogP contribution in [0.4, 0.5) is 5.69 Å². The van der Waals surface area contributed by atoms with E-state index in [1.165, 1.54) is 25.1 Å². The summed E-state index contributed by atoms with van der Waals surface area (Å²) < 4.78 is 27.4. The lowest BCUT2D eigenvalue weighted by molar-refractivity contribution is -0.137. The number of amides is 3. The molecular formula is C27H35N3O8. The smallest absolute Gasteiger partial charge is 0.260 e. The number of morpholine rings is 1. The molecule has 11 nitrogen and oxygen atoms in total. The highest BCUT2D eigenvalue weighted by Gasteiger charge is 2.20. The summed E-state index contributed by atoms with van der Waals surface area (Å²) in [6.45, 7) is 6.41. The normalized spacial score (nSPS) is 12.9. The summed E-state index contributed by atoms with van der Waals surface area (Å²) in [5.74, 6) is 0.858. The zero-order valence-corrected chi connectivity index (χ0v) is 22.3. The maximum atomic E-state index is 13.0. The van der Waals surface area contributed by atoms with Crippen molar-refractivity contribution in [1.29, 1.82) is 0 Å².